The van der Waals surface area contributed by atoms with Crippen molar-refractivity contribution in [2.45, 2.75) is 26.8 Å². The minimum Gasteiger partial charge on any atom is -0.368 e. The van der Waals surface area contributed by atoms with E-state index in [0.29, 0.717) is 6.04 Å². The van der Waals surface area contributed by atoms with Crippen molar-refractivity contribution in [3.63, 3.8) is 0 Å². The van der Waals surface area contributed by atoms with Crippen LogP contribution in [0.4, 0.5) is 10.1 Å². The zero-order valence-corrected chi connectivity index (χ0v) is 11.8. The van der Waals surface area contributed by atoms with Crippen LogP contribution in [0.5, 0.6) is 0 Å². The first-order valence-corrected chi connectivity index (χ1v) is 6.79. The summed E-state index contributed by atoms with van der Waals surface area (Å²) in [7, 11) is 0. The van der Waals surface area contributed by atoms with E-state index in [2.05, 4.69) is 23.6 Å². The Morgan fingerprint density at radius 2 is 1.84 bits per heavy atom. The average molecular weight is 264 g/mol. The second kappa shape index (κ2) is 5.70. The second-order valence-corrected chi connectivity index (χ2v) is 5.31. The summed E-state index contributed by atoms with van der Waals surface area (Å²) in [6, 6.07) is 5.39. The number of benzene rings is 1. The van der Waals surface area contributed by atoms with Crippen molar-refractivity contribution in [1.82, 2.24) is 4.90 Å². The molecule has 1 saturated heterocycles. The maximum Gasteiger partial charge on any atom is 0.164 e. The molecule has 3 nitrogen and oxygen atoms in total. The molecule has 0 radical (unpaired) electrons. The second-order valence-electron chi connectivity index (χ2n) is 5.31. The average Bonchev–Trinajstić information content (AvgIpc) is 2.38. The first-order valence-electron chi connectivity index (χ1n) is 6.79. The highest BCUT2D eigenvalue weighted by Crippen LogP contribution is 2.25. The van der Waals surface area contributed by atoms with Gasteiger partial charge in [-0.05, 0) is 32.9 Å². The van der Waals surface area contributed by atoms with Crippen LogP contribution < -0.4 is 4.90 Å². The van der Waals surface area contributed by atoms with E-state index in [4.69, 9.17) is 0 Å². The highest BCUT2D eigenvalue weighted by Gasteiger charge is 2.23. The highest BCUT2D eigenvalue weighted by atomic mass is 19.1. The van der Waals surface area contributed by atoms with Crippen molar-refractivity contribution in [1.29, 1.82) is 0 Å². The molecule has 0 atom stereocenters. The fourth-order valence-corrected chi connectivity index (χ4v) is 2.60. The molecule has 19 heavy (non-hydrogen) atoms. The van der Waals surface area contributed by atoms with Crippen LogP contribution in [0.25, 0.3) is 0 Å². The smallest absolute Gasteiger partial charge is 0.164 e. The molecule has 1 aliphatic heterocycles. The van der Waals surface area contributed by atoms with Crippen LogP contribution in [-0.2, 0) is 0 Å². The van der Waals surface area contributed by atoms with Crippen LogP contribution in [0.15, 0.2) is 18.2 Å². The summed E-state index contributed by atoms with van der Waals surface area (Å²) < 4.78 is 13.8. The molecule has 1 aromatic carbocycles. The molecule has 0 spiro atoms. The van der Waals surface area contributed by atoms with Crippen molar-refractivity contribution in [3.05, 3.63) is 29.6 Å². The zero-order chi connectivity index (χ0) is 14.0. The molecule has 0 unspecified atom stereocenters. The van der Waals surface area contributed by atoms with Gasteiger partial charge in [-0.25, -0.2) is 4.39 Å². The first-order chi connectivity index (χ1) is 9.00. The first kappa shape index (κ1) is 14.0. The zero-order valence-electron chi connectivity index (χ0n) is 11.8. The van der Waals surface area contributed by atoms with Gasteiger partial charge >= 0.3 is 0 Å². The Kier molecular flexibility index (Phi) is 4.20. The van der Waals surface area contributed by atoms with Crippen LogP contribution >= 0.6 is 0 Å². The number of hydrogen-bond donors (Lipinski definition) is 0. The fraction of sp³-hybridized carbons (Fsp3) is 0.533. The molecule has 1 aliphatic rings. The molecular weight excluding hydrogens is 243 g/mol. The number of rotatable bonds is 3. The van der Waals surface area contributed by atoms with Gasteiger partial charge in [0, 0.05) is 32.2 Å². The number of carbonyl (C=O) groups excluding carboxylic acids is 1. The third-order valence-electron chi connectivity index (χ3n) is 3.73. The van der Waals surface area contributed by atoms with E-state index in [1.807, 2.05) is 6.07 Å². The Hall–Kier alpha value is -1.42. The molecule has 0 aromatic heterocycles. The molecule has 1 aromatic rings. The maximum absolute atomic E-state index is 13.8. The third kappa shape index (κ3) is 2.95. The Balaban J connectivity index is 2.20. The molecule has 0 saturated carbocycles. The minimum absolute atomic E-state index is 0.209. The van der Waals surface area contributed by atoms with Gasteiger partial charge in [0.05, 0.1) is 11.3 Å². The SMILES string of the molecule is CC(=O)c1c(F)cccc1N1CCN(C(C)C)CC1. The summed E-state index contributed by atoms with van der Waals surface area (Å²) in [5.74, 6) is -0.629. The third-order valence-corrected chi connectivity index (χ3v) is 3.73. The van der Waals surface area contributed by atoms with Crippen molar-refractivity contribution >= 4 is 11.5 Å². The van der Waals surface area contributed by atoms with Gasteiger partial charge in [0.2, 0.25) is 0 Å². The van der Waals surface area contributed by atoms with Crippen LogP contribution in [-0.4, -0.2) is 42.9 Å². The van der Waals surface area contributed by atoms with Crippen LogP contribution in [0, 0.1) is 5.82 Å². The fourth-order valence-electron chi connectivity index (χ4n) is 2.60. The van der Waals surface area contributed by atoms with Crippen molar-refractivity contribution in [2.75, 3.05) is 31.1 Å². The predicted octanol–water partition coefficient (Wildman–Crippen LogP) is 2.56. The van der Waals surface area contributed by atoms with Gasteiger partial charge in [-0.15, -0.1) is 0 Å². The molecule has 1 heterocycles. The Labute approximate surface area is 114 Å². The number of Topliss-reactive ketones (excluding diaryl/α,β-unsaturated/α-hetero) is 1. The molecule has 0 bridgehead atoms. The standard InChI is InChI=1S/C15H21FN2O/c1-11(2)17-7-9-18(10-8-17)14-6-4-5-13(16)15(14)12(3)19/h4-6,11H,7-10H2,1-3H3. The predicted molar refractivity (Wildman–Crippen MR) is 75.3 cm³/mol. The summed E-state index contributed by atoms with van der Waals surface area (Å²) in [5, 5.41) is 0. The van der Waals surface area contributed by atoms with Crippen molar-refractivity contribution < 1.29 is 9.18 Å². The molecule has 0 N–H and O–H groups in total. The Morgan fingerprint density at radius 3 is 2.37 bits per heavy atom. The van der Waals surface area contributed by atoms with Gasteiger partial charge in [0.1, 0.15) is 5.82 Å². The van der Waals surface area contributed by atoms with Crippen LogP contribution in [0.2, 0.25) is 0 Å². The maximum atomic E-state index is 13.8. The van der Waals surface area contributed by atoms with Gasteiger partial charge in [-0.3, -0.25) is 9.69 Å². The van der Waals surface area contributed by atoms with E-state index < -0.39 is 5.82 Å². The quantitative estimate of drug-likeness (QED) is 0.784. The number of nitrogens with zero attached hydrogens (tertiary/aromatic N) is 2. The number of anilines is 1. The summed E-state index contributed by atoms with van der Waals surface area (Å²) in [6.07, 6.45) is 0. The Bertz CT molecular complexity index is 465. The number of piperazine rings is 1. The lowest BCUT2D eigenvalue weighted by Gasteiger charge is -2.38. The summed E-state index contributed by atoms with van der Waals surface area (Å²) >= 11 is 0. The number of ketones is 1. The molecule has 4 heteroatoms. The highest BCUT2D eigenvalue weighted by molar-refractivity contribution is 6.00. The van der Waals surface area contributed by atoms with Crippen LogP contribution in [0.3, 0.4) is 0 Å². The lowest BCUT2D eigenvalue weighted by Crippen LogP contribution is -2.49. The van der Waals surface area contributed by atoms with E-state index in [1.54, 1.807) is 6.07 Å². The Morgan fingerprint density at radius 1 is 1.21 bits per heavy atom. The number of halogens is 1. The lowest BCUT2D eigenvalue weighted by molar-refractivity contribution is 0.101. The lowest BCUT2D eigenvalue weighted by atomic mass is 10.1. The number of carbonyl (C=O) groups is 1. The van der Waals surface area contributed by atoms with E-state index in [-0.39, 0.29) is 11.3 Å². The van der Waals surface area contributed by atoms with E-state index in [1.165, 1.54) is 13.0 Å². The largest absolute Gasteiger partial charge is 0.368 e. The van der Waals surface area contributed by atoms with Gasteiger partial charge in [-0.2, -0.15) is 0 Å². The monoisotopic (exact) mass is 264 g/mol. The van der Waals surface area contributed by atoms with Gasteiger partial charge in [0.25, 0.3) is 0 Å². The summed E-state index contributed by atoms with van der Waals surface area (Å²) in [4.78, 5) is 16.1. The number of hydrogen-bond acceptors (Lipinski definition) is 3. The van der Waals surface area contributed by atoms with Gasteiger partial charge in [-0.1, -0.05) is 6.07 Å². The van der Waals surface area contributed by atoms with Gasteiger partial charge < -0.3 is 4.90 Å². The summed E-state index contributed by atoms with van der Waals surface area (Å²) in [6.45, 7) is 9.35. The van der Waals surface area contributed by atoms with E-state index in [0.717, 1.165) is 31.9 Å². The molecule has 0 amide bonds. The van der Waals surface area contributed by atoms with E-state index in [9.17, 15) is 9.18 Å². The topological polar surface area (TPSA) is 23.6 Å². The van der Waals surface area contributed by atoms with Crippen molar-refractivity contribution in [3.8, 4) is 0 Å². The van der Waals surface area contributed by atoms with Crippen LogP contribution in [0.1, 0.15) is 31.1 Å². The molecule has 1 fully saturated rings. The van der Waals surface area contributed by atoms with E-state index >= 15 is 0 Å². The normalized spacial score (nSPS) is 17.0. The molecule has 104 valence electrons. The molecule has 0 aliphatic carbocycles. The molecule has 2 rings (SSSR count). The minimum atomic E-state index is -0.420. The summed E-state index contributed by atoms with van der Waals surface area (Å²) in [5.41, 5.74) is 0.955. The van der Waals surface area contributed by atoms with Crippen molar-refractivity contribution in [2.24, 2.45) is 0 Å². The van der Waals surface area contributed by atoms with Gasteiger partial charge in [0.15, 0.2) is 5.78 Å². The molecular formula is C15H21FN2O.